The minimum Gasteiger partial charge on any atom is -0.481 e. The standard InChI is InChI=1S/C27H45NO3/c1-18(7-12-24(29)28-17-14-25(30)31)21-10-11-22-20-9-8-19-6-4-5-15-26(19,2)23(20)13-16-27(21,22)3/h18-23H,4-17H2,1-3H3,(H,28,29)(H,30,31)/t18-,19+,20+,21-,22+,23+,26+,27-/m1/s1. The second kappa shape index (κ2) is 9.06. The fraction of sp³-hybridized carbons (Fsp3) is 0.926. The second-order valence-corrected chi connectivity index (χ2v) is 12.1. The van der Waals surface area contributed by atoms with Gasteiger partial charge >= 0.3 is 5.97 Å². The normalized spacial score (nSPS) is 42.7. The molecule has 4 rings (SSSR count). The summed E-state index contributed by atoms with van der Waals surface area (Å²) in [5, 5.41) is 11.5. The van der Waals surface area contributed by atoms with Gasteiger partial charge in [0.2, 0.25) is 5.91 Å². The van der Waals surface area contributed by atoms with Crippen LogP contribution in [0.3, 0.4) is 0 Å². The molecule has 176 valence electrons. The van der Waals surface area contributed by atoms with Crippen LogP contribution in [-0.4, -0.2) is 23.5 Å². The van der Waals surface area contributed by atoms with Gasteiger partial charge in [-0.05, 0) is 104 Å². The molecule has 0 aromatic carbocycles. The van der Waals surface area contributed by atoms with Crippen molar-refractivity contribution in [2.75, 3.05) is 6.54 Å². The number of hydrogen-bond acceptors (Lipinski definition) is 2. The minimum absolute atomic E-state index is 0.00595. The number of carboxylic acid groups (broad SMARTS) is 1. The summed E-state index contributed by atoms with van der Waals surface area (Å²) >= 11 is 0. The molecule has 0 aromatic rings. The number of carboxylic acids is 1. The van der Waals surface area contributed by atoms with Gasteiger partial charge in [0.15, 0.2) is 0 Å². The molecule has 0 bridgehead atoms. The van der Waals surface area contributed by atoms with Crippen LogP contribution in [0.15, 0.2) is 0 Å². The van der Waals surface area contributed by atoms with Gasteiger partial charge in [-0.1, -0.05) is 33.6 Å². The van der Waals surface area contributed by atoms with Crippen molar-refractivity contribution in [2.45, 2.75) is 104 Å². The van der Waals surface area contributed by atoms with Gasteiger partial charge in [-0.2, -0.15) is 0 Å². The van der Waals surface area contributed by atoms with Crippen molar-refractivity contribution in [3.05, 3.63) is 0 Å². The smallest absolute Gasteiger partial charge is 0.305 e. The molecule has 31 heavy (non-hydrogen) atoms. The first-order valence-corrected chi connectivity index (χ1v) is 13.2. The van der Waals surface area contributed by atoms with Crippen LogP contribution in [0.4, 0.5) is 0 Å². The number of aliphatic carboxylic acids is 1. The van der Waals surface area contributed by atoms with Crippen molar-refractivity contribution in [2.24, 2.45) is 46.3 Å². The van der Waals surface area contributed by atoms with E-state index in [1.54, 1.807) is 0 Å². The first kappa shape index (κ1) is 23.1. The lowest BCUT2D eigenvalue weighted by Crippen LogP contribution is -2.53. The Hall–Kier alpha value is -1.06. The molecule has 0 saturated heterocycles. The maximum atomic E-state index is 12.2. The molecule has 0 radical (unpaired) electrons. The van der Waals surface area contributed by atoms with Crippen LogP contribution in [-0.2, 0) is 9.59 Å². The van der Waals surface area contributed by atoms with Gasteiger partial charge in [0.05, 0.1) is 6.42 Å². The molecule has 4 aliphatic rings. The predicted molar refractivity (Wildman–Crippen MR) is 123 cm³/mol. The lowest BCUT2D eigenvalue weighted by molar-refractivity contribution is -0.136. The number of carbonyl (C=O) groups is 2. The highest BCUT2D eigenvalue weighted by atomic mass is 16.4. The SMILES string of the molecule is C[C@H](CCC(=O)NCCC(=O)O)[C@H]1CC[C@H]2[C@@H]3CC[C@@H]4CCCC[C@]4(C)[C@H]3CC[C@]12C. The second-order valence-electron chi connectivity index (χ2n) is 12.1. The molecule has 1 amide bonds. The Morgan fingerprint density at radius 3 is 2.48 bits per heavy atom. The average molecular weight is 432 g/mol. The third-order valence-electron chi connectivity index (χ3n) is 10.8. The summed E-state index contributed by atoms with van der Waals surface area (Å²) in [5.74, 6) is 4.24. The summed E-state index contributed by atoms with van der Waals surface area (Å²) in [4.78, 5) is 22.8. The van der Waals surface area contributed by atoms with Crippen molar-refractivity contribution >= 4 is 11.9 Å². The van der Waals surface area contributed by atoms with Gasteiger partial charge in [-0.3, -0.25) is 9.59 Å². The first-order chi connectivity index (χ1) is 14.8. The predicted octanol–water partition coefficient (Wildman–Crippen LogP) is 6.04. The molecule has 0 aromatic heterocycles. The van der Waals surface area contributed by atoms with Crippen molar-refractivity contribution in [1.82, 2.24) is 5.32 Å². The van der Waals surface area contributed by atoms with Gasteiger partial charge in [0.1, 0.15) is 0 Å². The molecule has 4 nitrogen and oxygen atoms in total. The Morgan fingerprint density at radius 1 is 0.935 bits per heavy atom. The highest BCUT2D eigenvalue weighted by Gasteiger charge is 2.60. The summed E-state index contributed by atoms with van der Waals surface area (Å²) in [6.07, 6.45) is 15.8. The Balaban J connectivity index is 1.36. The highest BCUT2D eigenvalue weighted by molar-refractivity contribution is 5.76. The number of amides is 1. The largest absolute Gasteiger partial charge is 0.481 e. The van der Waals surface area contributed by atoms with Gasteiger partial charge in [-0.25, -0.2) is 0 Å². The Kier molecular flexibility index (Phi) is 6.75. The summed E-state index contributed by atoms with van der Waals surface area (Å²) in [5.41, 5.74) is 1.07. The summed E-state index contributed by atoms with van der Waals surface area (Å²) in [6.45, 7) is 7.88. The van der Waals surface area contributed by atoms with Crippen molar-refractivity contribution in [3.8, 4) is 0 Å². The van der Waals surface area contributed by atoms with E-state index in [9.17, 15) is 9.59 Å². The first-order valence-electron chi connectivity index (χ1n) is 13.2. The van der Waals surface area contributed by atoms with Crippen LogP contribution in [0.25, 0.3) is 0 Å². The summed E-state index contributed by atoms with van der Waals surface area (Å²) in [7, 11) is 0. The molecular formula is C27H45NO3. The third kappa shape index (κ3) is 4.29. The fourth-order valence-electron chi connectivity index (χ4n) is 9.23. The van der Waals surface area contributed by atoms with Gasteiger partial charge < -0.3 is 10.4 Å². The molecule has 4 saturated carbocycles. The quantitative estimate of drug-likeness (QED) is 0.516. The van der Waals surface area contributed by atoms with Crippen LogP contribution >= 0.6 is 0 Å². The Labute approximate surface area is 189 Å². The van der Waals surface area contributed by atoms with Crippen LogP contribution in [0.2, 0.25) is 0 Å². The molecule has 4 fully saturated rings. The Morgan fingerprint density at radius 2 is 1.71 bits per heavy atom. The topological polar surface area (TPSA) is 66.4 Å². The van der Waals surface area contributed by atoms with Crippen molar-refractivity contribution < 1.29 is 14.7 Å². The van der Waals surface area contributed by atoms with Gasteiger partial charge in [0.25, 0.3) is 0 Å². The van der Waals surface area contributed by atoms with E-state index in [1.807, 2.05) is 0 Å². The summed E-state index contributed by atoms with van der Waals surface area (Å²) < 4.78 is 0. The van der Waals surface area contributed by atoms with Crippen molar-refractivity contribution in [3.63, 3.8) is 0 Å². The van der Waals surface area contributed by atoms with Gasteiger partial charge in [0, 0.05) is 13.0 Å². The molecule has 0 unspecified atom stereocenters. The maximum Gasteiger partial charge on any atom is 0.305 e. The zero-order valence-electron chi connectivity index (χ0n) is 20.1. The van der Waals surface area contributed by atoms with E-state index in [4.69, 9.17) is 5.11 Å². The zero-order chi connectivity index (χ0) is 22.2. The lowest BCUT2D eigenvalue weighted by atomic mass is 9.44. The monoisotopic (exact) mass is 431 g/mol. The molecular weight excluding hydrogens is 386 g/mol. The number of hydrogen-bond donors (Lipinski definition) is 2. The average Bonchev–Trinajstić information content (AvgIpc) is 3.08. The van der Waals surface area contributed by atoms with Crippen LogP contribution < -0.4 is 5.32 Å². The van der Waals surface area contributed by atoms with Gasteiger partial charge in [-0.15, -0.1) is 0 Å². The molecule has 8 atom stereocenters. The number of fused-ring (bicyclic) bond motifs is 5. The third-order valence-corrected chi connectivity index (χ3v) is 10.8. The minimum atomic E-state index is -0.856. The number of rotatable bonds is 7. The van der Waals surface area contributed by atoms with E-state index in [0.717, 1.165) is 36.0 Å². The van der Waals surface area contributed by atoms with E-state index < -0.39 is 5.97 Å². The Bertz CT molecular complexity index is 677. The van der Waals surface area contributed by atoms with Crippen molar-refractivity contribution in [1.29, 1.82) is 0 Å². The molecule has 4 heteroatoms. The molecule has 0 spiro atoms. The molecule has 0 heterocycles. The number of carbonyl (C=O) groups excluding carboxylic acids is 1. The molecule has 0 aliphatic heterocycles. The fourth-order valence-corrected chi connectivity index (χ4v) is 9.23. The zero-order valence-corrected chi connectivity index (χ0v) is 20.1. The highest BCUT2D eigenvalue weighted by Crippen LogP contribution is 2.68. The van der Waals surface area contributed by atoms with Crippen LogP contribution in [0.5, 0.6) is 0 Å². The van der Waals surface area contributed by atoms with E-state index in [2.05, 4.69) is 26.1 Å². The number of nitrogens with one attached hydrogen (secondary N) is 1. The van der Waals surface area contributed by atoms with Crippen LogP contribution in [0, 0.1) is 46.3 Å². The van der Waals surface area contributed by atoms with E-state index in [0.29, 0.717) is 23.2 Å². The summed E-state index contributed by atoms with van der Waals surface area (Å²) in [6, 6.07) is 0. The maximum absolute atomic E-state index is 12.2. The molecule has 4 aliphatic carbocycles. The van der Waals surface area contributed by atoms with E-state index in [1.165, 1.54) is 64.2 Å². The lowest BCUT2D eigenvalue weighted by Gasteiger charge is -2.61. The van der Waals surface area contributed by atoms with E-state index in [-0.39, 0.29) is 18.9 Å². The van der Waals surface area contributed by atoms with Crippen LogP contribution in [0.1, 0.15) is 104 Å². The molecule has 2 N–H and O–H groups in total. The van der Waals surface area contributed by atoms with E-state index >= 15 is 0 Å².